The van der Waals surface area contributed by atoms with Gasteiger partial charge >= 0.3 is 0 Å². The normalized spacial score (nSPS) is 11.6. The van der Waals surface area contributed by atoms with Crippen LogP contribution in [0, 0.1) is 0 Å². The van der Waals surface area contributed by atoms with E-state index in [9.17, 15) is 0 Å². The zero-order chi connectivity index (χ0) is 88.5. The van der Waals surface area contributed by atoms with Crippen LogP contribution in [-0.2, 0) is 0 Å². The molecule has 0 saturated carbocycles. The van der Waals surface area contributed by atoms with Crippen molar-refractivity contribution in [3.8, 4) is 148 Å². The summed E-state index contributed by atoms with van der Waals surface area (Å²) >= 11 is 0. The molecule has 0 radical (unpaired) electrons. The highest BCUT2D eigenvalue weighted by Crippen LogP contribution is 2.45. The van der Waals surface area contributed by atoms with Gasteiger partial charge in [-0.25, -0.2) is 59.8 Å². The van der Waals surface area contributed by atoms with Gasteiger partial charge in [-0.2, -0.15) is 0 Å². The van der Waals surface area contributed by atoms with Crippen LogP contribution in [0.25, 0.3) is 256 Å². The molecule has 0 aliphatic carbocycles. The summed E-state index contributed by atoms with van der Waals surface area (Å²) in [4.78, 5) is 62.8. The van der Waals surface area contributed by atoms with Gasteiger partial charge in [0.05, 0.1) is 55.9 Å². The molecule has 18 aromatic carbocycles. The summed E-state index contributed by atoms with van der Waals surface area (Å²) in [5.41, 5.74) is 22.1. The molecule has 8 aromatic heterocycles. The van der Waals surface area contributed by atoms with E-state index in [1.165, 1.54) is 0 Å². The highest BCUT2D eigenvalue weighted by atomic mass is 15.1. The number of para-hydroxylation sites is 4. The monoisotopic (exact) mass is 1710 g/mol. The van der Waals surface area contributed by atoms with Gasteiger partial charge < -0.3 is 0 Å². The van der Waals surface area contributed by atoms with E-state index in [2.05, 4.69) is 385 Å². The lowest BCUT2D eigenvalue weighted by atomic mass is 9.97. The summed E-state index contributed by atoms with van der Waals surface area (Å²) in [6.07, 6.45) is 0. The standard InChI is InChI=1S/2C60H37N7/c1-3-18-42(19-4-1)60-63-56-53(67(60)43-22-5-2-6-23-43)37-36-47-46-26-11-12-29-51(46)62-55(54(47)56)41-34-32-40(33-35-41)50-30-15-31-52(61-50)59-65-57(48-27-13-20-38-16-7-9-24-44(38)48)64-58(66-59)49-28-14-21-39-17-8-10-25-45(39)49;1-3-16-42(17-4-1)60-63-56-53(67(60)47-20-5-2-6-21-47)35-34-49-48-22-11-12-23-51(48)62-55(54(49)56)41-30-28-40(29-31-41)50-24-13-25-52(61-50)59-65-57(45-32-26-38-14-7-9-18-43(38)36-45)64-58(66-59)46-33-27-39-15-8-10-19-44(39)37-46/h2*1-37H. The number of hydrogen-bond acceptors (Lipinski definition) is 12. The van der Waals surface area contributed by atoms with E-state index in [0.717, 1.165) is 210 Å². The van der Waals surface area contributed by atoms with Crippen molar-refractivity contribution >= 4 is 109 Å². The number of fused-ring (bicyclic) bond motifs is 14. The predicted molar refractivity (Wildman–Crippen MR) is 545 cm³/mol. The Morgan fingerprint density at radius 1 is 0.164 bits per heavy atom. The van der Waals surface area contributed by atoms with Gasteiger partial charge in [0, 0.05) is 88.6 Å². The summed E-state index contributed by atoms with van der Waals surface area (Å²) < 4.78 is 4.51. The quantitative estimate of drug-likeness (QED) is 0.0948. The van der Waals surface area contributed by atoms with Crippen LogP contribution in [0.4, 0.5) is 0 Å². The molecule has 134 heavy (non-hydrogen) atoms. The Hall–Kier alpha value is -18.4. The predicted octanol–water partition coefficient (Wildman–Crippen LogP) is 29.2. The van der Waals surface area contributed by atoms with Gasteiger partial charge in [-0.15, -0.1) is 0 Å². The third kappa shape index (κ3) is 14.1. The van der Waals surface area contributed by atoms with Crippen LogP contribution in [0.5, 0.6) is 0 Å². The Balaban J connectivity index is 0.000000143. The number of pyridine rings is 4. The van der Waals surface area contributed by atoms with Crippen molar-refractivity contribution in [2.45, 2.75) is 0 Å². The minimum Gasteiger partial charge on any atom is -0.292 e. The first kappa shape index (κ1) is 77.9. The maximum atomic E-state index is 5.46. The zero-order valence-corrected chi connectivity index (χ0v) is 72.0. The molecular weight excluding hydrogens is 1640 g/mol. The van der Waals surface area contributed by atoms with E-state index in [-0.39, 0.29) is 0 Å². The van der Waals surface area contributed by atoms with E-state index >= 15 is 0 Å². The van der Waals surface area contributed by atoms with Gasteiger partial charge in [-0.3, -0.25) is 9.13 Å². The molecule has 0 aliphatic rings. The highest BCUT2D eigenvalue weighted by molar-refractivity contribution is 6.22. The molecule has 0 aliphatic heterocycles. The summed E-state index contributed by atoms with van der Waals surface area (Å²) in [5.74, 6) is 5.11. The Bertz CT molecular complexity index is 8920. The third-order valence-corrected chi connectivity index (χ3v) is 25.3. The van der Waals surface area contributed by atoms with E-state index in [1.807, 2.05) is 72.8 Å². The minimum atomic E-state index is 0.500. The average molecular weight is 1710 g/mol. The summed E-state index contributed by atoms with van der Waals surface area (Å²) in [6, 6.07) is 155. The molecule has 0 unspecified atom stereocenters. The van der Waals surface area contributed by atoms with E-state index in [1.54, 1.807) is 0 Å². The van der Waals surface area contributed by atoms with E-state index in [4.69, 9.17) is 59.8 Å². The fraction of sp³-hybridized carbons (Fsp3) is 0. The Morgan fingerprint density at radius 3 is 0.918 bits per heavy atom. The van der Waals surface area contributed by atoms with E-state index in [0.29, 0.717) is 46.3 Å². The van der Waals surface area contributed by atoms with E-state index < -0.39 is 0 Å². The molecule has 26 rings (SSSR count). The Morgan fingerprint density at radius 2 is 0.485 bits per heavy atom. The van der Waals surface area contributed by atoms with Crippen LogP contribution in [0.15, 0.2) is 449 Å². The van der Waals surface area contributed by atoms with Gasteiger partial charge in [0.2, 0.25) is 0 Å². The first-order chi connectivity index (χ1) is 66.4. The van der Waals surface area contributed by atoms with Gasteiger partial charge in [0.25, 0.3) is 0 Å². The van der Waals surface area contributed by atoms with Crippen molar-refractivity contribution in [3.05, 3.63) is 449 Å². The van der Waals surface area contributed by atoms with Crippen molar-refractivity contribution < 1.29 is 0 Å². The number of rotatable bonds is 14. The topological polar surface area (TPSA) is 165 Å². The van der Waals surface area contributed by atoms with Crippen LogP contribution in [0.1, 0.15) is 0 Å². The molecular formula is C120H74N14. The smallest absolute Gasteiger partial charge is 0.182 e. The minimum absolute atomic E-state index is 0.500. The number of benzene rings is 18. The van der Waals surface area contributed by atoms with Gasteiger partial charge in [-0.05, 0) is 139 Å². The summed E-state index contributed by atoms with van der Waals surface area (Å²) in [6.45, 7) is 0. The lowest BCUT2D eigenvalue weighted by Crippen LogP contribution is -2.02. The van der Waals surface area contributed by atoms with Crippen LogP contribution >= 0.6 is 0 Å². The second-order valence-corrected chi connectivity index (χ2v) is 33.4. The Labute approximate surface area is 769 Å². The molecule has 14 nitrogen and oxygen atoms in total. The molecule has 624 valence electrons. The van der Waals surface area contributed by atoms with Gasteiger partial charge in [0.15, 0.2) is 34.9 Å². The molecule has 14 heteroatoms. The molecule has 0 fully saturated rings. The molecule has 0 atom stereocenters. The van der Waals surface area contributed by atoms with Gasteiger partial charge in [-0.1, -0.05) is 364 Å². The van der Waals surface area contributed by atoms with Crippen molar-refractivity contribution in [1.82, 2.24) is 68.9 Å². The summed E-state index contributed by atoms with van der Waals surface area (Å²) in [7, 11) is 0. The number of hydrogen-bond donors (Lipinski definition) is 0. The fourth-order valence-corrected chi connectivity index (χ4v) is 18.8. The van der Waals surface area contributed by atoms with Crippen molar-refractivity contribution in [3.63, 3.8) is 0 Å². The maximum Gasteiger partial charge on any atom is 0.182 e. The first-order valence-electron chi connectivity index (χ1n) is 44.7. The molecule has 0 bridgehead atoms. The average Bonchev–Trinajstić information content (AvgIpc) is 1.55. The molecule has 0 N–H and O–H groups in total. The second kappa shape index (κ2) is 33.0. The molecule has 26 aromatic rings. The van der Waals surface area contributed by atoms with Crippen molar-refractivity contribution in [2.24, 2.45) is 0 Å². The molecule has 0 saturated heterocycles. The van der Waals surface area contributed by atoms with Crippen LogP contribution < -0.4 is 0 Å². The Kier molecular flexibility index (Phi) is 19.2. The fourth-order valence-electron chi connectivity index (χ4n) is 18.8. The SMILES string of the molecule is c1ccc(-c2nc3c4c(-c5ccc(-c6cccc(-c7nc(-c8ccc9ccccc9c8)nc(-c8ccc9ccccc9c8)n7)n6)cc5)nc5ccccc5c4ccc3n2-c2ccccc2)cc1.c1ccc(-c2nc3c4c(-c5ccc(-c6cccc(-c7nc(-c8cccc9ccccc89)nc(-c8cccc9ccccc89)n7)n6)cc5)nc5ccccc5c4ccc3n2-c2ccccc2)cc1. The number of nitrogens with zero attached hydrogens (tertiary/aromatic N) is 14. The van der Waals surface area contributed by atoms with Crippen molar-refractivity contribution in [2.75, 3.05) is 0 Å². The van der Waals surface area contributed by atoms with Crippen LogP contribution in [0.2, 0.25) is 0 Å². The second-order valence-electron chi connectivity index (χ2n) is 33.4. The number of imidazole rings is 2. The molecule has 0 spiro atoms. The zero-order valence-electron chi connectivity index (χ0n) is 72.0. The third-order valence-electron chi connectivity index (χ3n) is 25.3. The largest absolute Gasteiger partial charge is 0.292 e. The maximum absolute atomic E-state index is 5.46. The first-order valence-corrected chi connectivity index (χ1v) is 44.7. The lowest BCUT2D eigenvalue weighted by Gasteiger charge is -2.13. The summed E-state index contributed by atoms with van der Waals surface area (Å²) in [5, 5.41) is 15.3. The van der Waals surface area contributed by atoms with Crippen LogP contribution in [-0.4, -0.2) is 68.9 Å². The highest BCUT2D eigenvalue weighted by Gasteiger charge is 2.26. The van der Waals surface area contributed by atoms with Gasteiger partial charge in [0.1, 0.15) is 23.0 Å². The number of aromatic nitrogens is 14. The molecule has 8 heterocycles. The lowest BCUT2D eigenvalue weighted by molar-refractivity contribution is 1.06. The van der Waals surface area contributed by atoms with Crippen molar-refractivity contribution in [1.29, 1.82) is 0 Å². The van der Waals surface area contributed by atoms with Crippen LogP contribution in [0.3, 0.4) is 0 Å². The molecule has 0 amide bonds.